The van der Waals surface area contributed by atoms with Crippen LogP contribution in [0.25, 0.3) is 11.3 Å². The molecule has 7 heteroatoms. The number of amides is 2. The minimum absolute atomic E-state index is 0. The molecule has 2 aromatic heterocycles. The number of aromatic nitrogens is 3. The van der Waals surface area contributed by atoms with Crippen LogP contribution in [0.15, 0.2) is 55.0 Å². The van der Waals surface area contributed by atoms with Crippen LogP contribution in [0, 0.1) is 6.92 Å². The zero-order valence-corrected chi connectivity index (χ0v) is 13.4. The molecule has 0 unspecified atom stereocenters. The van der Waals surface area contributed by atoms with E-state index in [4.69, 9.17) is 5.73 Å². The van der Waals surface area contributed by atoms with Gasteiger partial charge in [-0.05, 0) is 37.3 Å². The zero-order valence-electron chi connectivity index (χ0n) is 13.4. The van der Waals surface area contributed by atoms with Gasteiger partial charge in [0, 0.05) is 34.9 Å². The van der Waals surface area contributed by atoms with Gasteiger partial charge in [0.25, 0.3) is 5.91 Å². The normalized spacial score (nSPS) is 10.3. The summed E-state index contributed by atoms with van der Waals surface area (Å²) in [5.74, 6) is -0.983. The van der Waals surface area contributed by atoms with Gasteiger partial charge >= 0.3 is 0 Å². The van der Waals surface area contributed by atoms with Gasteiger partial charge in [-0.3, -0.25) is 19.6 Å². The topological polar surface area (TPSA) is 111 Å². The number of anilines is 1. The molecular weight excluding hydrogens is 318 g/mol. The summed E-state index contributed by atoms with van der Waals surface area (Å²) in [7, 11) is 0. The number of nitrogens with one attached hydrogen (secondary N) is 1. The molecular formula is C18H23N5O2. The Morgan fingerprint density at radius 1 is 1.16 bits per heavy atom. The SMILES string of the molecule is Cc1ncc(-c2cccnc2)nc1C(=O)Nc1cccc(C(N)=O)c1.[HH].[HH].[HH].[HH]. The van der Waals surface area contributed by atoms with Crippen LogP contribution in [-0.4, -0.2) is 26.8 Å². The number of carbonyl (C=O) groups is 2. The molecule has 0 aliphatic heterocycles. The molecule has 0 fully saturated rings. The summed E-state index contributed by atoms with van der Waals surface area (Å²) >= 11 is 0. The van der Waals surface area contributed by atoms with Crippen LogP contribution in [0.4, 0.5) is 5.69 Å². The van der Waals surface area contributed by atoms with Crippen molar-refractivity contribution < 1.29 is 15.3 Å². The lowest BCUT2D eigenvalue weighted by atomic mass is 10.2. The first-order valence-electron chi connectivity index (χ1n) is 7.50. The van der Waals surface area contributed by atoms with Crippen molar-refractivity contribution in [2.75, 3.05) is 5.32 Å². The molecule has 0 atom stereocenters. The largest absolute Gasteiger partial charge is 0.366 e. The van der Waals surface area contributed by atoms with Gasteiger partial charge in [-0.1, -0.05) is 6.07 Å². The van der Waals surface area contributed by atoms with Gasteiger partial charge in [0.15, 0.2) is 0 Å². The van der Waals surface area contributed by atoms with Crippen molar-refractivity contribution in [3.8, 4) is 11.3 Å². The van der Waals surface area contributed by atoms with E-state index in [0.717, 1.165) is 5.56 Å². The first kappa shape index (κ1) is 16.3. The summed E-state index contributed by atoms with van der Waals surface area (Å²) in [6, 6.07) is 10.0. The molecule has 3 N–H and O–H groups in total. The molecule has 0 radical (unpaired) electrons. The quantitative estimate of drug-likeness (QED) is 0.757. The number of hydrogen-bond acceptors (Lipinski definition) is 5. The van der Waals surface area contributed by atoms with Gasteiger partial charge in [0.05, 0.1) is 17.6 Å². The van der Waals surface area contributed by atoms with Crippen LogP contribution in [0.2, 0.25) is 0 Å². The third-order valence-corrected chi connectivity index (χ3v) is 3.53. The van der Waals surface area contributed by atoms with Crippen molar-refractivity contribution >= 4 is 17.5 Å². The molecule has 132 valence electrons. The van der Waals surface area contributed by atoms with Gasteiger partial charge in [-0.15, -0.1) is 0 Å². The Morgan fingerprint density at radius 3 is 2.72 bits per heavy atom. The number of hydrogen-bond donors (Lipinski definition) is 2. The standard InChI is InChI=1S/C18H15N5O2.4H2/c1-11-16(23-15(10-21-11)13-5-3-7-20-9-13)18(25)22-14-6-2-4-12(8-14)17(19)24;;;;/h2-10H,1H3,(H2,19,24)(H,22,25);4*1H. The third-order valence-electron chi connectivity index (χ3n) is 3.53. The molecule has 7 nitrogen and oxygen atoms in total. The van der Waals surface area contributed by atoms with Crippen LogP contribution in [0.1, 0.15) is 32.2 Å². The number of carbonyl (C=O) groups excluding carboxylic acids is 2. The predicted octanol–water partition coefficient (Wildman–Crippen LogP) is 3.18. The number of nitrogens with zero attached hydrogens (tertiary/aromatic N) is 3. The predicted molar refractivity (Wildman–Crippen MR) is 101 cm³/mol. The van der Waals surface area contributed by atoms with E-state index in [-0.39, 0.29) is 11.4 Å². The summed E-state index contributed by atoms with van der Waals surface area (Å²) in [5, 5.41) is 2.71. The van der Waals surface area contributed by atoms with E-state index in [1.165, 1.54) is 6.07 Å². The van der Waals surface area contributed by atoms with Crippen molar-refractivity contribution in [1.82, 2.24) is 15.0 Å². The highest BCUT2D eigenvalue weighted by Crippen LogP contribution is 2.17. The monoisotopic (exact) mass is 341 g/mol. The molecule has 0 spiro atoms. The van der Waals surface area contributed by atoms with E-state index >= 15 is 0 Å². The van der Waals surface area contributed by atoms with Gasteiger partial charge in [0.2, 0.25) is 5.91 Å². The lowest BCUT2D eigenvalue weighted by Crippen LogP contribution is -2.17. The highest BCUT2D eigenvalue weighted by atomic mass is 16.2. The molecule has 1 aromatic carbocycles. The molecule has 0 bridgehead atoms. The van der Waals surface area contributed by atoms with E-state index < -0.39 is 11.8 Å². The van der Waals surface area contributed by atoms with E-state index in [1.807, 2.05) is 6.07 Å². The Morgan fingerprint density at radius 2 is 2.00 bits per heavy atom. The number of primary amides is 1. The van der Waals surface area contributed by atoms with Crippen molar-refractivity contribution in [3.63, 3.8) is 0 Å². The fraction of sp³-hybridized carbons (Fsp3) is 0.0556. The first-order chi connectivity index (χ1) is 12.0. The Bertz CT molecular complexity index is 958. The van der Waals surface area contributed by atoms with Crippen molar-refractivity contribution in [2.45, 2.75) is 6.92 Å². The number of nitrogens with two attached hydrogens (primary N) is 1. The molecule has 2 heterocycles. The first-order valence-corrected chi connectivity index (χ1v) is 7.50. The molecule has 25 heavy (non-hydrogen) atoms. The number of aryl methyl sites for hydroxylation is 1. The van der Waals surface area contributed by atoms with E-state index in [9.17, 15) is 9.59 Å². The third kappa shape index (κ3) is 3.66. The Labute approximate surface area is 149 Å². The van der Waals surface area contributed by atoms with Crippen LogP contribution < -0.4 is 11.1 Å². The minimum atomic E-state index is -0.564. The molecule has 0 aliphatic rings. The molecule has 0 saturated heterocycles. The summed E-state index contributed by atoms with van der Waals surface area (Å²) in [6.45, 7) is 1.70. The van der Waals surface area contributed by atoms with E-state index in [0.29, 0.717) is 22.6 Å². The summed E-state index contributed by atoms with van der Waals surface area (Å²) in [4.78, 5) is 36.5. The van der Waals surface area contributed by atoms with Gasteiger partial charge in [-0.2, -0.15) is 0 Å². The average molecular weight is 341 g/mol. The fourth-order valence-electron chi connectivity index (χ4n) is 2.26. The maximum Gasteiger partial charge on any atom is 0.276 e. The van der Waals surface area contributed by atoms with Crippen LogP contribution in [-0.2, 0) is 0 Å². The van der Waals surface area contributed by atoms with Gasteiger partial charge in [-0.25, -0.2) is 4.98 Å². The summed E-state index contributed by atoms with van der Waals surface area (Å²) < 4.78 is 0. The number of benzene rings is 1. The fourth-order valence-corrected chi connectivity index (χ4v) is 2.26. The number of pyridine rings is 1. The van der Waals surface area contributed by atoms with Gasteiger partial charge in [0.1, 0.15) is 5.69 Å². The second kappa shape index (κ2) is 6.88. The van der Waals surface area contributed by atoms with E-state index in [1.54, 1.807) is 49.8 Å². The highest BCUT2D eigenvalue weighted by Gasteiger charge is 2.15. The Balaban J connectivity index is 0. The lowest BCUT2D eigenvalue weighted by molar-refractivity contribution is 0.0995. The highest BCUT2D eigenvalue weighted by molar-refractivity contribution is 6.04. The van der Waals surface area contributed by atoms with Crippen molar-refractivity contribution in [3.05, 3.63) is 71.9 Å². The number of rotatable bonds is 4. The minimum Gasteiger partial charge on any atom is -0.366 e. The van der Waals surface area contributed by atoms with E-state index in [2.05, 4.69) is 20.3 Å². The molecule has 3 rings (SSSR count). The summed E-state index contributed by atoms with van der Waals surface area (Å²) in [5.41, 5.74) is 8.03. The van der Waals surface area contributed by atoms with Gasteiger partial charge < -0.3 is 11.1 Å². The molecule has 2 amide bonds. The smallest absolute Gasteiger partial charge is 0.276 e. The Hall–Kier alpha value is -3.61. The average Bonchev–Trinajstić information content (AvgIpc) is 2.63. The second-order valence-electron chi connectivity index (χ2n) is 5.33. The van der Waals surface area contributed by atoms with Crippen LogP contribution in [0.5, 0.6) is 0 Å². The second-order valence-corrected chi connectivity index (χ2v) is 5.33. The maximum absolute atomic E-state index is 12.6. The lowest BCUT2D eigenvalue weighted by Gasteiger charge is -2.09. The van der Waals surface area contributed by atoms with Crippen LogP contribution >= 0.6 is 0 Å². The molecule has 0 aliphatic carbocycles. The Kier molecular flexibility index (Phi) is 4.47. The summed E-state index contributed by atoms with van der Waals surface area (Å²) in [6.07, 6.45) is 4.90. The zero-order chi connectivity index (χ0) is 17.8. The van der Waals surface area contributed by atoms with Crippen molar-refractivity contribution in [1.29, 1.82) is 0 Å². The maximum atomic E-state index is 12.6. The van der Waals surface area contributed by atoms with Crippen LogP contribution in [0.3, 0.4) is 0 Å². The molecule has 3 aromatic rings. The van der Waals surface area contributed by atoms with Crippen molar-refractivity contribution in [2.24, 2.45) is 5.73 Å². The molecule has 0 saturated carbocycles.